The minimum atomic E-state index is -3.86. The summed E-state index contributed by atoms with van der Waals surface area (Å²) in [6.45, 7) is 0.821. The molecule has 0 atom stereocenters. The fourth-order valence-corrected chi connectivity index (χ4v) is 1.89. The van der Waals surface area contributed by atoms with Gasteiger partial charge in [-0.2, -0.15) is 21.0 Å². The molecule has 1 aromatic heterocycles. The van der Waals surface area contributed by atoms with Gasteiger partial charge in [-0.1, -0.05) is 0 Å². The van der Waals surface area contributed by atoms with E-state index >= 15 is 0 Å². The predicted octanol–water partition coefficient (Wildman–Crippen LogP) is 0.334. The second-order valence-corrected chi connectivity index (χ2v) is 5.22. The molecule has 0 spiro atoms. The lowest BCUT2D eigenvalue weighted by atomic mass is 10.2. The Balaban J connectivity index is 2.57. The Morgan fingerprint density at radius 1 is 1.33 bits per heavy atom. The summed E-state index contributed by atoms with van der Waals surface area (Å²) in [5, 5.41) is 0. The molecule has 0 unspecified atom stereocenters. The molecule has 4 nitrogen and oxygen atoms in total. The largest absolute Gasteiger partial charge is 0.286 e. The third-order valence-electron chi connectivity index (χ3n) is 1.97. The number of hydrogen-bond acceptors (Lipinski definition) is 3. The van der Waals surface area contributed by atoms with E-state index in [0.717, 1.165) is 17.9 Å². The zero-order chi connectivity index (χ0) is 11.3. The van der Waals surface area contributed by atoms with Crippen molar-refractivity contribution >= 4 is 22.7 Å². The smallest absolute Gasteiger partial charge is 0.265 e. The quantitative estimate of drug-likeness (QED) is 0.449. The highest BCUT2D eigenvalue weighted by Crippen LogP contribution is 1.98. The van der Waals surface area contributed by atoms with Crippen molar-refractivity contribution in [2.24, 2.45) is 0 Å². The molecule has 84 valence electrons. The van der Waals surface area contributed by atoms with Crippen molar-refractivity contribution in [2.45, 2.75) is 13.0 Å². The van der Waals surface area contributed by atoms with E-state index in [0.29, 0.717) is 6.42 Å². The maximum absolute atomic E-state index is 10.5. The molecule has 0 amide bonds. The van der Waals surface area contributed by atoms with E-state index in [4.69, 9.17) is 4.55 Å². The van der Waals surface area contributed by atoms with Gasteiger partial charge < -0.3 is 0 Å². The number of hydrogen-bond donors (Lipinski definition) is 2. The van der Waals surface area contributed by atoms with Crippen molar-refractivity contribution in [2.75, 3.05) is 11.5 Å². The van der Waals surface area contributed by atoms with Crippen LogP contribution < -0.4 is 4.57 Å². The molecule has 0 saturated carbocycles. The van der Waals surface area contributed by atoms with E-state index < -0.39 is 10.1 Å². The lowest BCUT2D eigenvalue weighted by molar-refractivity contribution is -0.692. The van der Waals surface area contributed by atoms with Gasteiger partial charge in [0.05, 0.1) is 5.75 Å². The summed E-state index contributed by atoms with van der Waals surface area (Å²) in [6, 6.07) is 3.68. The number of rotatable bonds is 5. The van der Waals surface area contributed by atoms with Crippen molar-refractivity contribution < 1.29 is 17.5 Å². The molecule has 0 radical (unpaired) electrons. The van der Waals surface area contributed by atoms with Crippen LogP contribution in [0.1, 0.15) is 5.56 Å². The van der Waals surface area contributed by atoms with Crippen molar-refractivity contribution in [1.29, 1.82) is 0 Å². The standard InChI is InChI=1S/C9H13NO3S2/c11-15(12,13)8-3-9-1-4-10(5-2-9)6-7-14/h1-2,4-5H,3,6-8H2,(H-,11,12,13,14)/p+1. The van der Waals surface area contributed by atoms with Crippen molar-refractivity contribution in [3.05, 3.63) is 30.1 Å². The molecule has 15 heavy (non-hydrogen) atoms. The number of thiol groups is 1. The average molecular weight is 248 g/mol. The minimum Gasteiger partial charge on any atom is -0.286 e. The van der Waals surface area contributed by atoms with Crippen LogP contribution in [0.5, 0.6) is 0 Å². The Morgan fingerprint density at radius 3 is 2.40 bits per heavy atom. The van der Waals surface area contributed by atoms with Crippen molar-refractivity contribution in [3.8, 4) is 0 Å². The van der Waals surface area contributed by atoms with Gasteiger partial charge in [-0.15, -0.1) is 0 Å². The molecule has 1 N–H and O–H groups in total. The fourth-order valence-electron chi connectivity index (χ4n) is 1.17. The van der Waals surface area contributed by atoms with Gasteiger partial charge in [0, 0.05) is 17.9 Å². The van der Waals surface area contributed by atoms with Crippen molar-refractivity contribution in [1.82, 2.24) is 0 Å². The summed E-state index contributed by atoms with van der Waals surface area (Å²) < 4.78 is 31.6. The molecule has 1 rings (SSSR count). The Kier molecular flexibility index (Phi) is 4.56. The van der Waals surface area contributed by atoms with E-state index in [1.54, 1.807) is 0 Å². The number of nitrogens with zero attached hydrogens (tertiary/aromatic N) is 1. The molecular weight excluding hydrogens is 234 g/mol. The summed E-state index contributed by atoms with van der Waals surface area (Å²) in [6.07, 6.45) is 4.08. The zero-order valence-electron chi connectivity index (χ0n) is 8.20. The summed E-state index contributed by atoms with van der Waals surface area (Å²) in [5.41, 5.74) is 0.892. The minimum absolute atomic E-state index is 0.233. The molecule has 0 bridgehead atoms. The molecule has 0 aliphatic heterocycles. The van der Waals surface area contributed by atoms with Crippen LogP contribution in [0.15, 0.2) is 24.5 Å². The summed E-state index contributed by atoms with van der Waals surface area (Å²) in [5.74, 6) is 0.526. The molecular formula is C9H14NO3S2+. The Hall–Kier alpha value is -0.590. The van der Waals surface area contributed by atoms with Gasteiger partial charge in [-0.05, 0) is 12.0 Å². The number of pyridine rings is 1. The lowest BCUT2D eigenvalue weighted by Gasteiger charge is -1.98. The first-order valence-corrected chi connectivity index (χ1v) is 6.79. The molecule has 0 fully saturated rings. The molecule has 0 aromatic carbocycles. The van der Waals surface area contributed by atoms with Crippen LogP contribution in [0, 0.1) is 0 Å². The Bertz CT molecular complexity index is 400. The highest BCUT2D eigenvalue weighted by atomic mass is 32.2. The molecule has 0 aliphatic carbocycles. The van der Waals surface area contributed by atoms with Crippen LogP contribution in [-0.2, 0) is 23.1 Å². The van der Waals surface area contributed by atoms with E-state index in [-0.39, 0.29) is 5.75 Å². The average Bonchev–Trinajstić information content (AvgIpc) is 2.16. The second kappa shape index (κ2) is 5.48. The van der Waals surface area contributed by atoms with Crippen molar-refractivity contribution in [3.63, 3.8) is 0 Å². The van der Waals surface area contributed by atoms with E-state index in [2.05, 4.69) is 12.6 Å². The zero-order valence-corrected chi connectivity index (χ0v) is 9.92. The van der Waals surface area contributed by atoms with Gasteiger partial charge in [0.1, 0.15) is 0 Å². The number of aryl methyl sites for hydroxylation is 2. The fraction of sp³-hybridized carbons (Fsp3) is 0.444. The first-order valence-electron chi connectivity index (χ1n) is 4.55. The number of aromatic nitrogens is 1. The van der Waals surface area contributed by atoms with E-state index in [1.807, 2.05) is 29.1 Å². The monoisotopic (exact) mass is 248 g/mol. The highest BCUT2D eigenvalue weighted by Gasteiger charge is 2.06. The first kappa shape index (κ1) is 12.5. The van der Waals surface area contributed by atoms with Gasteiger partial charge in [0.15, 0.2) is 18.9 Å². The summed E-state index contributed by atoms with van der Waals surface area (Å²) >= 11 is 4.10. The van der Waals surface area contributed by atoms with Gasteiger partial charge in [0.25, 0.3) is 10.1 Å². The summed E-state index contributed by atoms with van der Waals surface area (Å²) in [4.78, 5) is 0. The lowest BCUT2D eigenvalue weighted by Crippen LogP contribution is -2.33. The van der Waals surface area contributed by atoms with Gasteiger partial charge in [-0.25, -0.2) is 4.57 Å². The molecule has 1 heterocycles. The van der Waals surface area contributed by atoms with Crippen LogP contribution in [0.25, 0.3) is 0 Å². The normalized spacial score (nSPS) is 11.6. The first-order chi connectivity index (χ1) is 7.01. The highest BCUT2D eigenvalue weighted by molar-refractivity contribution is 7.85. The van der Waals surface area contributed by atoms with Crippen LogP contribution in [0.2, 0.25) is 0 Å². The van der Waals surface area contributed by atoms with E-state index in [1.165, 1.54) is 0 Å². The third kappa shape index (κ3) is 5.15. The van der Waals surface area contributed by atoms with Crippen LogP contribution in [0.4, 0.5) is 0 Å². The van der Waals surface area contributed by atoms with E-state index in [9.17, 15) is 8.42 Å². The molecule has 0 aliphatic rings. The predicted molar refractivity (Wildman–Crippen MR) is 60.6 cm³/mol. The maximum Gasteiger partial charge on any atom is 0.265 e. The maximum atomic E-state index is 10.5. The third-order valence-corrected chi connectivity index (χ3v) is 2.89. The van der Waals surface area contributed by atoms with Gasteiger partial charge >= 0.3 is 0 Å². The topological polar surface area (TPSA) is 58.3 Å². The summed E-state index contributed by atoms with van der Waals surface area (Å²) in [7, 11) is -3.86. The second-order valence-electron chi connectivity index (χ2n) is 3.20. The Morgan fingerprint density at radius 2 is 1.93 bits per heavy atom. The van der Waals surface area contributed by atoms with Gasteiger partial charge in [0.2, 0.25) is 0 Å². The van der Waals surface area contributed by atoms with Crippen LogP contribution >= 0.6 is 12.6 Å². The van der Waals surface area contributed by atoms with Crippen LogP contribution in [-0.4, -0.2) is 24.5 Å². The molecule has 0 saturated heterocycles. The molecule has 6 heteroatoms. The van der Waals surface area contributed by atoms with Crippen LogP contribution in [0.3, 0.4) is 0 Å². The van der Waals surface area contributed by atoms with Gasteiger partial charge in [-0.3, -0.25) is 4.55 Å². The Labute approximate surface area is 95.1 Å². The molecule has 1 aromatic rings. The SMILES string of the molecule is O=S(=O)(O)CCc1cc[n+](CCS)cc1.